The van der Waals surface area contributed by atoms with Gasteiger partial charge in [-0.25, -0.2) is 0 Å². The van der Waals surface area contributed by atoms with Crippen molar-refractivity contribution in [2.75, 3.05) is 5.32 Å². The lowest BCUT2D eigenvalue weighted by Crippen LogP contribution is -2.27. The predicted octanol–water partition coefficient (Wildman–Crippen LogP) is 5.07. The zero-order valence-electron chi connectivity index (χ0n) is 10.5. The summed E-state index contributed by atoms with van der Waals surface area (Å²) in [5.41, 5.74) is 4.08. The molecule has 19 heavy (non-hydrogen) atoms. The number of anilines is 1. The highest BCUT2D eigenvalue weighted by molar-refractivity contribution is 9.10. The zero-order chi connectivity index (χ0) is 13.2. The molecule has 0 aromatic heterocycles. The molecule has 1 aliphatic carbocycles. The number of hydrogen-bond acceptors (Lipinski definition) is 1. The van der Waals surface area contributed by atoms with E-state index >= 15 is 0 Å². The Hall–Kier alpha value is -0.990. The first kappa shape index (κ1) is 13.0. The monoisotopic (exact) mass is 335 g/mol. The van der Waals surface area contributed by atoms with Gasteiger partial charge in [0.25, 0.3) is 0 Å². The highest BCUT2D eigenvalue weighted by atomic mass is 79.9. The van der Waals surface area contributed by atoms with E-state index in [1.54, 1.807) is 0 Å². The number of halogens is 2. The van der Waals surface area contributed by atoms with E-state index in [-0.39, 0.29) is 0 Å². The molecular weight excluding hydrogens is 322 g/mol. The van der Waals surface area contributed by atoms with Crippen LogP contribution in [0, 0.1) is 0 Å². The molecule has 1 unspecified atom stereocenters. The molecule has 0 heterocycles. The molecule has 98 valence electrons. The third-order valence-corrected chi connectivity index (χ3v) is 4.53. The van der Waals surface area contributed by atoms with Crippen LogP contribution in [-0.2, 0) is 12.8 Å². The summed E-state index contributed by atoms with van der Waals surface area (Å²) in [6.07, 6.45) is 3.41. The van der Waals surface area contributed by atoms with Crippen LogP contribution in [0.25, 0.3) is 0 Å². The molecule has 0 radical (unpaired) electrons. The summed E-state index contributed by atoms with van der Waals surface area (Å²) >= 11 is 9.53. The molecule has 2 aromatic carbocycles. The maximum absolute atomic E-state index is 5.97. The quantitative estimate of drug-likeness (QED) is 0.807. The minimum atomic E-state index is 0.493. The highest BCUT2D eigenvalue weighted by Gasteiger charge is 2.18. The number of rotatable bonds is 2. The minimum absolute atomic E-state index is 0.493. The number of benzene rings is 2. The van der Waals surface area contributed by atoms with Gasteiger partial charge in [-0.2, -0.15) is 0 Å². The number of nitrogens with one attached hydrogen (secondary N) is 1. The van der Waals surface area contributed by atoms with E-state index in [9.17, 15) is 0 Å². The second kappa shape index (κ2) is 5.56. The van der Waals surface area contributed by atoms with E-state index in [0.717, 1.165) is 28.0 Å². The fourth-order valence-corrected chi connectivity index (χ4v) is 3.44. The third-order valence-electron chi connectivity index (χ3n) is 3.64. The summed E-state index contributed by atoms with van der Waals surface area (Å²) in [6, 6.07) is 15.1. The van der Waals surface area contributed by atoms with Crippen LogP contribution >= 0.6 is 27.5 Å². The Morgan fingerprint density at radius 3 is 2.68 bits per heavy atom. The van der Waals surface area contributed by atoms with Crippen LogP contribution in [-0.4, -0.2) is 6.04 Å². The minimum Gasteiger partial charge on any atom is -0.381 e. The van der Waals surface area contributed by atoms with Crippen molar-refractivity contribution in [3.8, 4) is 0 Å². The summed E-state index contributed by atoms with van der Waals surface area (Å²) in [5, 5.41) is 4.37. The van der Waals surface area contributed by atoms with Crippen LogP contribution in [0.5, 0.6) is 0 Å². The fraction of sp³-hybridized carbons (Fsp3) is 0.250. The molecule has 2 aromatic rings. The topological polar surface area (TPSA) is 12.0 Å². The fourth-order valence-electron chi connectivity index (χ4n) is 2.65. The SMILES string of the molecule is Clc1ccc(NC2CCc3ccccc3C2)c(Br)c1. The first-order chi connectivity index (χ1) is 9.22. The van der Waals surface area contributed by atoms with Crippen molar-refractivity contribution in [1.82, 2.24) is 0 Å². The van der Waals surface area contributed by atoms with Gasteiger partial charge >= 0.3 is 0 Å². The Morgan fingerprint density at radius 2 is 1.89 bits per heavy atom. The predicted molar refractivity (Wildman–Crippen MR) is 85.0 cm³/mol. The van der Waals surface area contributed by atoms with Gasteiger partial charge in [0.15, 0.2) is 0 Å². The zero-order valence-corrected chi connectivity index (χ0v) is 12.8. The molecule has 1 atom stereocenters. The molecule has 1 nitrogen and oxygen atoms in total. The number of aryl methyl sites for hydroxylation is 1. The Morgan fingerprint density at radius 1 is 1.11 bits per heavy atom. The van der Waals surface area contributed by atoms with E-state index in [4.69, 9.17) is 11.6 Å². The lowest BCUT2D eigenvalue weighted by atomic mass is 9.88. The highest BCUT2D eigenvalue weighted by Crippen LogP contribution is 2.29. The van der Waals surface area contributed by atoms with Gasteiger partial charge in [0.2, 0.25) is 0 Å². The van der Waals surface area contributed by atoms with Gasteiger partial charge in [-0.15, -0.1) is 0 Å². The second-order valence-electron chi connectivity index (χ2n) is 4.98. The molecule has 3 rings (SSSR count). The maximum Gasteiger partial charge on any atom is 0.0487 e. The van der Waals surface area contributed by atoms with Crippen molar-refractivity contribution >= 4 is 33.2 Å². The largest absolute Gasteiger partial charge is 0.381 e. The van der Waals surface area contributed by atoms with Crippen LogP contribution in [0.4, 0.5) is 5.69 Å². The lowest BCUT2D eigenvalue weighted by Gasteiger charge is -2.26. The summed E-state index contributed by atoms with van der Waals surface area (Å²) in [4.78, 5) is 0. The van der Waals surface area contributed by atoms with Gasteiger partial charge in [0.1, 0.15) is 0 Å². The second-order valence-corrected chi connectivity index (χ2v) is 6.27. The Labute approximate surface area is 127 Å². The van der Waals surface area contributed by atoms with Gasteiger partial charge in [-0.05, 0) is 64.5 Å². The van der Waals surface area contributed by atoms with Gasteiger partial charge < -0.3 is 5.32 Å². The van der Waals surface area contributed by atoms with Crippen molar-refractivity contribution < 1.29 is 0 Å². The Bertz CT molecular complexity index is 597. The summed E-state index contributed by atoms with van der Waals surface area (Å²) in [5.74, 6) is 0. The normalized spacial score (nSPS) is 17.9. The standard InChI is InChI=1S/C16H15BrClN/c17-15-10-13(18)6-8-16(15)19-14-7-5-11-3-1-2-4-12(11)9-14/h1-4,6,8,10,14,19H,5,7,9H2. The van der Waals surface area contributed by atoms with Crippen molar-refractivity contribution in [2.45, 2.75) is 25.3 Å². The van der Waals surface area contributed by atoms with Gasteiger partial charge in [-0.1, -0.05) is 35.9 Å². The van der Waals surface area contributed by atoms with E-state index in [0.29, 0.717) is 6.04 Å². The van der Waals surface area contributed by atoms with E-state index in [1.165, 1.54) is 17.5 Å². The number of fused-ring (bicyclic) bond motifs is 1. The van der Waals surface area contributed by atoms with Gasteiger partial charge in [0.05, 0.1) is 0 Å². The van der Waals surface area contributed by atoms with Crippen molar-refractivity contribution in [3.63, 3.8) is 0 Å². The summed E-state index contributed by atoms with van der Waals surface area (Å²) in [7, 11) is 0. The van der Waals surface area contributed by atoms with E-state index in [2.05, 4.69) is 45.5 Å². The van der Waals surface area contributed by atoms with Crippen LogP contribution in [0.1, 0.15) is 17.5 Å². The third kappa shape index (κ3) is 2.96. The Kier molecular flexibility index (Phi) is 3.81. The van der Waals surface area contributed by atoms with E-state index in [1.807, 2.05) is 18.2 Å². The smallest absolute Gasteiger partial charge is 0.0487 e. The van der Waals surface area contributed by atoms with Crippen LogP contribution in [0.2, 0.25) is 5.02 Å². The van der Waals surface area contributed by atoms with Gasteiger partial charge in [-0.3, -0.25) is 0 Å². The molecular formula is C16H15BrClN. The van der Waals surface area contributed by atoms with Crippen LogP contribution < -0.4 is 5.32 Å². The molecule has 3 heteroatoms. The molecule has 0 amide bonds. The van der Waals surface area contributed by atoms with Crippen molar-refractivity contribution in [2.24, 2.45) is 0 Å². The molecule has 0 saturated heterocycles. The molecule has 1 N–H and O–H groups in total. The van der Waals surface area contributed by atoms with E-state index < -0.39 is 0 Å². The number of hydrogen-bond donors (Lipinski definition) is 1. The average Bonchev–Trinajstić information content (AvgIpc) is 2.42. The lowest BCUT2D eigenvalue weighted by molar-refractivity contribution is 0.610. The molecule has 0 spiro atoms. The molecule has 0 fully saturated rings. The van der Waals surface area contributed by atoms with Crippen LogP contribution in [0.15, 0.2) is 46.9 Å². The molecule has 0 aliphatic heterocycles. The van der Waals surface area contributed by atoms with Crippen LogP contribution in [0.3, 0.4) is 0 Å². The molecule has 0 saturated carbocycles. The molecule has 0 bridgehead atoms. The summed E-state index contributed by atoms with van der Waals surface area (Å²) < 4.78 is 1.03. The maximum atomic E-state index is 5.97. The molecule has 1 aliphatic rings. The first-order valence-corrected chi connectivity index (χ1v) is 7.68. The average molecular weight is 337 g/mol. The van der Waals surface area contributed by atoms with Crippen molar-refractivity contribution in [3.05, 3.63) is 63.1 Å². The van der Waals surface area contributed by atoms with Crippen molar-refractivity contribution in [1.29, 1.82) is 0 Å². The Balaban J connectivity index is 1.75. The van der Waals surface area contributed by atoms with Gasteiger partial charge in [0, 0.05) is 21.2 Å². The first-order valence-electron chi connectivity index (χ1n) is 6.51. The summed E-state index contributed by atoms with van der Waals surface area (Å²) in [6.45, 7) is 0.